The van der Waals surface area contributed by atoms with Crippen molar-refractivity contribution in [3.63, 3.8) is 0 Å². The average Bonchev–Trinajstić information content (AvgIpc) is 2.71. The van der Waals surface area contributed by atoms with Crippen LogP contribution in [0.1, 0.15) is 30.2 Å². The van der Waals surface area contributed by atoms with Crippen LogP contribution in [0, 0.1) is 13.8 Å². The quantitative estimate of drug-likeness (QED) is 0.916. The lowest BCUT2D eigenvalue weighted by atomic mass is 10.0. The molecule has 2 aromatic rings. The molecular formula is C16H23N3S. The summed E-state index contributed by atoms with van der Waals surface area (Å²) in [6, 6.07) is 9.01. The van der Waals surface area contributed by atoms with Crippen LogP contribution in [-0.2, 0) is 13.5 Å². The van der Waals surface area contributed by atoms with Crippen LogP contribution >= 0.6 is 11.8 Å². The van der Waals surface area contributed by atoms with E-state index in [4.69, 9.17) is 5.73 Å². The summed E-state index contributed by atoms with van der Waals surface area (Å²) in [7, 11) is 1.99. The van der Waals surface area contributed by atoms with Gasteiger partial charge in [0.25, 0.3) is 0 Å². The van der Waals surface area contributed by atoms with Crippen molar-refractivity contribution in [3.8, 4) is 0 Å². The van der Waals surface area contributed by atoms with Gasteiger partial charge in [-0.1, -0.05) is 30.8 Å². The Hall–Kier alpha value is -1.26. The number of hydrogen-bond acceptors (Lipinski definition) is 3. The highest BCUT2D eigenvalue weighted by Gasteiger charge is 2.08. The number of nitrogens with zero attached hydrogens (tertiary/aromatic N) is 2. The fourth-order valence-corrected chi connectivity index (χ4v) is 3.18. The Morgan fingerprint density at radius 3 is 2.60 bits per heavy atom. The second-order valence-electron chi connectivity index (χ2n) is 5.32. The van der Waals surface area contributed by atoms with E-state index >= 15 is 0 Å². The lowest BCUT2D eigenvalue weighted by molar-refractivity contribution is 0.646. The Morgan fingerprint density at radius 1 is 1.30 bits per heavy atom. The van der Waals surface area contributed by atoms with E-state index in [-0.39, 0.29) is 6.04 Å². The first-order chi connectivity index (χ1) is 9.49. The second kappa shape index (κ2) is 6.46. The maximum atomic E-state index is 6.02. The molecule has 3 nitrogen and oxygen atoms in total. The SMILES string of the molecule is CCC(N)Cc1ccc(Sc2cc(C)nn2C)c(C)c1. The van der Waals surface area contributed by atoms with Gasteiger partial charge < -0.3 is 5.73 Å². The van der Waals surface area contributed by atoms with Crippen LogP contribution in [-0.4, -0.2) is 15.8 Å². The van der Waals surface area contributed by atoms with E-state index in [0.29, 0.717) is 0 Å². The first-order valence-electron chi connectivity index (χ1n) is 7.03. The molecule has 0 fully saturated rings. The Bertz CT molecular complexity index is 589. The first kappa shape index (κ1) is 15.1. The van der Waals surface area contributed by atoms with Gasteiger partial charge in [-0.15, -0.1) is 0 Å². The molecule has 2 rings (SSSR count). The van der Waals surface area contributed by atoms with Crippen LogP contribution in [0.5, 0.6) is 0 Å². The van der Waals surface area contributed by atoms with Crippen LogP contribution in [0.15, 0.2) is 34.2 Å². The second-order valence-corrected chi connectivity index (χ2v) is 6.38. The first-order valence-corrected chi connectivity index (χ1v) is 7.85. The van der Waals surface area contributed by atoms with Crippen LogP contribution in [0.2, 0.25) is 0 Å². The van der Waals surface area contributed by atoms with Gasteiger partial charge in [-0.05, 0) is 49.9 Å². The molecule has 0 saturated carbocycles. The summed E-state index contributed by atoms with van der Waals surface area (Å²) >= 11 is 1.76. The molecule has 0 amide bonds. The summed E-state index contributed by atoms with van der Waals surface area (Å²) < 4.78 is 1.93. The predicted octanol–water partition coefficient (Wildman–Crippen LogP) is 3.47. The molecule has 1 atom stereocenters. The van der Waals surface area contributed by atoms with Crippen molar-refractivity contribution >= 4 is 11.8 Å². The highest BCUT2D eigenvalue weighted by atomic mass is 32.2. The molecule has 20 heavy (non-hydrogen) atoms. The van der Waals surface area contributed by atoms with Crippen LogP contribution in [0.25, 0.3) is 0 Å². The molecule has 0 aliphatic heterocycles. The van der Waals surface area contributed by atoms with Crippen molar-refractivity contribution < 1.29 is 0 Å². The summed E-state index contributed by atoms with van der Waals surface area (Å²) in [4.78, 5) is 1.28. The fraction of sp³-hybridized carbons (Fsp3) is 0.438. The molecule has 1 unspecified atom stereocenters. The van der Waals surface area contributed by atoms with E-state index in [9.17, 15) is 0 Å². The molecule has 0 aliphatic carbocycles. The van der Waals surface area contributed by atoms with Gasteiger partial charge in [-0.25, -0.2) is 0 Å². The fourth-order valence-electron chi connectivity index (χ4n) is 2.20. The van der Waals surface area contributed by atoms with Gasteiger partial charge in [0, 0.05) is 18.0 Å². The van der Waals surface area contributed by atoms with Crippen molar-refractivity contribution in [2.75, 3.05) is 0 Å². The highest BCUT2D eigenvalue weighted by Crippen LogP contribution is 2.31. The average molecular weight is 289 g/mol. The predicted molar refractivity (Wildman–Crippen MR) is 85.2 cm³/mol. The summed E-state index contributed by atoms with van der Waals surface area (Å²) in [6.45, 7) is 6.31. The van der Waals surface area contributed by atoms with Gasteiger partial charge in [-0.3, -0.25) is 4.68 Å². The number of nitrogens with two attached hydrogens (primary N) is 1. The molecule has 0 radical (unpaired) electrons. The third-order valence-electron chi connectivity index (χ3n) is 3.44. The zero-order valence-electron chi connectivity index (χ0n) is 12.7. The lowest BCUT2D eigenvalue weighted by Crippen LogP contribution is -2.21. The molecule has 1 aromatic carbocycles. The third-order valence-corrected chi connectivity index (χ3v) is 4.70. The number of aromatic nitrogens is 2. The molecule has 0 spiro atoms. The number of aryl methyl sites for hydroxylation is 3. The standard InChI is InChI=1S/C16H23N3S/c1-5-14(17)10-13-6-7-15(11(2)8-13)20-16-9-12(3)18-19(16)4/h6-9,14H,5,10,17H2,1-4H3. The van der Waals surface area contributed by atoms with E-state index in [1.54, 1.807) is 11.8 Å². The number of hydrogen-bond donors (Lipinski definition) is 1. The van der Waals surface area contributed by atoms with E-state index in [1.165, 1.54) is 21.0 Å². The summed E-state index contributed by atoms with van der Waals surface area (Å²) in [5.74, 6) is 0. The van der Waals surface area contributed by atoms with E-state index in [0.717, 1.165) is 18.5 Å². The van der Waals surface area contributed by atoms with Crippen molar-refractivity contribution in [1.29, 1.82) is 0 Å². The van der Waals surface area contributed by atoms with Gasteiger partial charge >= 0.3 is 0 Å². The third kappa shape index (κ3) is 3.64. The largest absolute Gasteiger partial charge is 0.327 e. The monoisotopic (exact) mass is 289 g/mol. The molecule has 0 aliphatic rings. The molecule has 4 heteroatoms. The Labute approximate surface area is 125 Å². The minimum absolute atomic E-state index is 0.257. The van der Waals surface area contributed by atoms with Gasteiger partial charge in [0.1, 0.15) is 0 Å². The Morgan fingerprint density at radius 2 is 2.05 bits per heavy atom. The summed E-state index contributed by atoms with van der Waals surface area (Å²) in [6.07, 6.45) is 1.97. The zero-order valence-corrected chi connectivity index (χ0v) is 13.5. The van der Waals surface area contributed by atoms with Crippen molar-refractivity contribution in [2.45, 2.75) is 49.6 Å². The molecule has 2 N–H and O–H groups in total. The number of benzene rings is 1. The van der Waals surface area contributed by atoms with Gasteiger partial charge in [0.15, 0.2) is 0 Å². The Balaban J connectivity index is 2.15. The molecule has 1 aromatic heterocycles. The lowest BCUT2D eigenvalue weighted by Gasteiger charge is -2.11. The zero-order chi connectivity index (χ0) is 14.7. The summed E-state index contributed by atoms with van der Waals surface area (Å²) in [5, 5.41) is 5.55. The summed E-state index contributed by atoms with van der Waals surface area (Å²) in [5.41, 5.74) is 9.70. The Kier molecular flexibility index (Phi) is 4.89. The van der Waals surface area contributed by atoms with Gasteiger partial charge in [0.05, 0.1) is 10.7 Å². The minimum atomic E-state index is 0.257. The smallest absolute Gasteiger partial charge is 0.0987 e. The maximum Gasteiger partial charge on any atom is 0.0987 e. The van der Waals surface area contributed by atoms with Gasteiger partial charge in [0.2, 0.25) is 0 Å². The van der Waals surface area contributed by atoms with E-state index in [2.05, 4.69) is 43.2 Å². The van der Waals surface area contributed by atoms with E-state index in [1.807, 2.05) is 18.7 Å². The molecule has 1 heterocycles. The van der Waals surface area contributed by atoms with Gasteiger partial charge in [-0.2, -0.15) is 5.10 Å². The number of rotatable bonds is 5. The van der Waals surface area contributed by atoms with Crippen LogP contribution < -0.4 is 5.73 Å². The van der Waals surface area contributed by atoms with Crippen molar-refractivity contribution in [2.24, 2.45) is 12.8 Å². The van der Waals surface area contributed by atoms with Crippen LogP contribution in [0.4, 0.5) is 0 Å². The minimum Gasteiger partial charge on any atom is -0.327 e. The normalized spacial score (nSPS) is 12.7. The molecule has 108 valence electrons. The van der Waals surface area contributed by atoms with Crippen molar-refractivity contribution in [1.82, 2.24) is 9.78 Å². The molecule has 0 saturated heterocycles. The maximum absolute atomic E-state index is 6.02. The topological polar surface area (TPSA) is 43.8 Å². The van der Waals surface area contributed by atoms with Crippen molar-refractivity contribution in [3.05, 3.63) is 41.1 Å². The molecular weight excluding hydrogens is 266 g/mol. The van der Waals surface area contributed by atoms with E-state index < -0.39 is 0 Å². The van der Waals surface area contributed by atoms with Crippen LogP contribution in [0.3, 0.4) is 0 Å². The molecule has 0 bridgehead atoms. The highest BCUT2D eigenvalue weighted by molar-refractivity contribution is 7.99.